The number of rotatable bonds is 3. The van der Waals surface area contributed by atoms with Gasteiger partial charge >= 0.3 is 0 Å². The SMILES string of the molecule is CS(=O)(=O)N[C@@H]1CCN(C(=O)[C@H]2C[C@@]23CCCc2ccccc23)C1. The van der Waals surface area contributed by atoms with E-state index in [1.165, 1.54) is 17.4 Å². The lowest BCUT2D eigenvalue weighted by molar-refractivity contribution is -0.132. The maximum atomic E-state index is 13.0. The van der Waals surface area contributed by atoms with Crippen LogP contribution in [0.15, 0.2) is 24.3 Å². The number of nitrogens with one attached hydrogen (secondary N) is 1. The van der Waals surface area contributed by atoms with Crippen molar-refractivity contribution in [3.05, 3.63) is 35.4 Å². The molecule has 0 unspecified atom stereocenters. The van der Waals surface area contributed by atoms with E-state index in [1.54, 1.807) is 0 Å². The molecule has 1 saturated carbocycles. The van der Waals surface area contributed by atoms with E-state index in [9.17, 15) is 13.2 Å². The van der Waals surface area contributed by atoms with Crippen LogP contribution in [0.2, 0.25) is 0 Å². The van der Waals surface area contributed by atoms with Gasteiger partial charge in [-0.2, -0.15) is 0 Å². The second-order valence-corrected chi connectivity index (χ2v) is 9.36. The number of hydrogen-bond donors (Lipinski definition) is 1. The van der Waals surface area contributed by atoms with Crippen LogP contribution in [0.3, 0.4) is 0 Å². The van der Waals surface area contributed by atoms with Crippen LogP contribution < -0.4 is 4.72 Å². The summed E-state index contributed by atoms with van der Waals surface area (Å²) >= 11 is 0. The summed E-state index contributed by atoms with van der Waals surface area (Å²) in [4.78, 5) is 14.8. The van der Waals surface area contributed by atoms with Gasteiger partial charge in [0.05, 0.1) is 6.26 Å². The third-order valence-corrected chi connectivity index (χ3v) is 6.64. The number of sulfonamides is 1. The molecule has 1 saturated heterocycles. The molecule has 1 amide bonds. The quantitative estimate of drug-likeness (QED) is 0.899. The van der Waals surface area contributed by atoms with Crippen LogP contribution in [0.1, 0.15) is 36.8 Å². The lowest BCUT2D eigenvalue weighted by Crippen LogP contribution is -2.39. The fourth-order valence-electron chi connectivity index (χ4n) is 4.74. The number of aryl methyl sites for hydroxylation is 1. The maximum absolute atomic E-state index is 13.0. The Labute approximate surface area is 143 Å². The van der Waals surface area contributed by atoms with E-state index in [1.807, 2.05) is 4.90 Å². The zero-order valence-electron chi connectivity index (χ0n) is 14.0. The van der Waals surface area contributed by atoms with Crippen molar-refractivity contribution in [1.82, 2.24) is 9.62 Å². The molecule has 0 aromatic heterocycles. The molecule has 6 heteroatoms. The van der Waals surface area contributed by atoms with Gasteiger partial charge in [0.25, 0.3) is 0 Å². The van der Waals surface area contributed by atoms with Crippen molar-refractivity contribution in [2.24, 2.45) is 5.92 Å². The van der Waals surface area contributed by atoms with Crippen LogP contribution in [0.25, 0.3) is 0 Å². The highest BCUT2D eigenvalue weighted by Crippen LogP contribution is 2.60. The third-order valence-electron chi connectivity index (χ3n) is 5.88. The Balaban J connectivity index is 1.47. The lowest BCUT2D eigenvalue weighted by atomic mass is 9.78. The van der Waals surface area contributed by atoms with Gasteiger partial charge in [-0.05, 0) is 43.2 Å². The fraction of sp³-hybridized carbons (Fsp3) is 0.611. The number of carbonyl (C=O) groups excluding carboxylic acids is 1. The molecule has 2 fully saturated rings. The predicted molar refractivity (Wildman–Crippen MR) is 92.1 cm³/mol. The second kappa shape index (κ2) is 5.56. The summed E-state index contributed by atoms with van der Waals surface area (Å²) in [5.74, 6) is 0.292. The van der Waals surface area contributed by atoms with Crippen LogP contribution in [0.5, 0.6) is 0 Å². The highest BCUT2D eigenvalue weighted by molar-refractivity contribution is 7.88. The van der Waals surface area contributed by atoms with Crippen molar-refractivity contribution in [2.45, 2.75) is 43.6 Å². The number of amides is 1. The van der Waals surface area contributed by atoms with Gasteiger partial charge in [0, 0.05) is 30.5 Å². The molecule has 3 atom stereocenters. The molecule has 5 nitrogen and oxygen atoms in total. The summed E-state index contributed by atoms with van der Waals surface area (Å²) < 4.78 is 25.4. The highest BCUT2D eigenvalue weighted by atomic mass is 32.2. The molecule has 2 aliphatic carbocycles. The third kappa shape index (κ3) is 2.75. The standard InChI is InChI=1S/C18H24N2O3S/c1-24(22,23)19-14-8-10-20(12-14)17(21)16-11-18(16)9-4-6-13-5-2-3-7-15(13)18/h2-3,5,7,14,16,19H,4,6,8-12H2,1H3/t14-,16-,18-/m1/s1. The molecule has 0 bridgehead atoms. The summed E-state index contributed by atoms with van der Waals surface area (Å²) in [7, 11) is -3.22. The van der Waals surface area contributed by atoms with Crippen LogP contribution in [0, 0.1) is 5.92 Å². The highest BCUT2D eigenvalue weighted by Gasteiger charge is 2.61. The molecule has 1 spiro atoms. The molecular weight excluding hydrogens is 324 g/mol. The Bertz CT molecular complexity index is 776. The average molecular weight is 348 g/mol. The summed E-state index contributed by atoms with van der Waals surface area (Å²) in [5, 5.41) is 0. The Kier molecular flexibility index (Phi) is 3.73. The normalized spacial score (nSPS) is 32.0. The first-order chi connectivity index (χ1) is 11.4. The van der Waals surface area contributed by atoms with Crippen molar-refractivity contribution < 1.29 is 13.2 Å². The smallest absolute Gasteiger partial charge is 0.226 e. The number of benzene rings is 1. The summed E-state index contributed by atoms with van der Waals surface area (Å²) in [6.45, 7) is 1.15. The van der Waals surface area contributed by atoms with E-state index in [-0.39, 0.29) is 23.3 Å². The van der Waals surface area contributed by atoms with Crippen LogP contribution in [-0.2, 0) is 26.7 Å². The molecule has 24 heavy (non-hydrogen) atoms. The molecule has 1 heterocycles. The topological polar surface area (TPSA) is 66.5 Å². The molecule has 4 rings (SSSR count). The van der Waals surface area contributed by atoms with Gasteiger partial charge < -0.3 is 4.90 Å². The van der Waals surface area contributed by atoms with Gasteiger partial charge in [-0.25, -0.2) is 13.1 Å². The van der Waals surface area contributed by atoms with Crippen LogP contribution in [-0.4, -0.2) is 44.6 Å². The number of carbonyl (C=O) groups is 1. The Morgan fingerprint density at radius 3 is 2.92 bits per heavy atom. The number of likely N-dealkylation sites (tertiary alicyclic amines) is 1. The average Bonchev–Trinajstić information content (AvgIpc) is 3.05. The Hall–Kier alpha value is -1.40. The zero-order valence-corrected chi connectivity index (χ0v) is 14.8. The Morgan fingerprint density at radius 2 is 2.12 bits per heavy atom. The van der Waals surface area contributed by atoms with Crippen molar-refractivity contribution >= 4 is 15.9 Å². The van der Waals surface area contributed by atoms with Crippen molar-refractivity contribution in [1.29, 1.82) is 0 Å². The summed E-state index contributed by atoms with van der Waals surface area (Å²) in [6.07, 6.45) is 6.19. The molecule has 1 aromatic rings. The molecule has 1 N–H and O–H groups in total. The largest absolute Gasteiger partial charge is 0.341 e. The number of nitrogens with zero attached hydrogens (tertiary/aromatic N) is 1. The van der Waals surface area contributed by atoms with Crippen molar-refractivity contribution in [3.63, 3.8) is 0 Å². The van der Waals surface area contributed by atoms with Gasteiger partial charge in [0.15, 0.2) is 0 Å². The molecular formula is C18H24N2O3S. The minimum absolute atomic E-state index is 0.0499. The first kappa shape index (κ1) is 16.1. The van der Waals surface area contributed by atoms with Crippen LogP contribution >= 0.6 is 0 Å². The molecule has 3 aliphatic rings. The number of hydrogen-bond acceptors (Lipinski definition) is 3. The first-order valence-electron chi connectivity index (χ1n) is 8.73. The molecule has 1 aromatic carbocycles. The number of fused-ring (bicyclic) bond motifs is 2. The van der Waals surface area contributed by atoms with Crippen molar-refractivity contribution in [3.8, 4) is 0 Å². The minimum atomic E-state index is -3.22. The predicted octanol–water partition coefficient (Wildman–Crippen LogP) is 1.43. The Morgan fingerprint density at radius 1 is 1.33 bits per heavy atom. The van der Waals surface area contributed by atoms with E-state index in [0.717, 1.165) is 25.7 Å². The fourth-order valence-corrected chi connectivity index (χ4v) is 5.53. The van der Waals surface area contributed by atoms with Crippen molar-refractivity contribution in [2.75, 3.05) is 19.3 Å². The lowest BCUT2D eigenvalue weighted by Gasteiger charge is -2.27. The first-order valence-corrected chi connectivity index (χ1v) is 10.6. The van der Waals surface area contributed by atoms with Gasteiger partial charge in [0.1, 0.15) is 0 Å². The summed E-state index contributed by atoms with van der Waals surface area (Å²) in [5.41, 5.74) is 2.82. The van der Waals surface area contributed by atoms with Crippen LogP contribution in [0.4, 0.5) is 0 Å². The van der Waals surface area contributed by atoms with Gasteiger partial charge in [-0.3, -0.25) is 4.79 Å². The van der Waals surface area contributed by atoms with E-state index in [4.69, 9.17) is 0 Å². The molecule has 1 aliphatic heterocycles. The monoisotopic (exact) mass is 348 g/mol. The zero-order chi connectivity index (χ0) is 16.9. The molecule has 130 valence electrons. The van der Waals surface area contributed by atoms with E-state index in [0.29, 0.717) is 19.5 Å². The van der Waals surface area contributed by atoms with E-state index < -0.39 is 10.0 Å². The van der Waals surface area contributed by atoms with Gasteiger partial charge in [-0.1, -0.05) is 24.3 Å². The second-order valence-electron chi connectivity index (χ2n) is 7.58. The van der Waals surface area contributed by atoms with E-state index >= 15 is 0 Å². The van der Waals surface area contributed by atoms with Gasteiger partial charge in [0.2, 0.25) is 15.9 Å². The molecule has 0 radical (unpaired) electrons. The van der Waals surface area contributed by atoms with Gasteiger partial charge in [-0.15, -0.1) is 0 Å². The maximum Gasteiger partial charge on any atom is 0.226 e. The minimum Gasteiger partial charge on any atom is -0.341 e. The summed E-state index contributed by atoms with van der Waals surface area (Å²) in [6, 6.07) is 8.40. The van der Waals surface area contributed by atoms with E-state index in [2.05, 4.69) is 29.0 Å².